The van der Waals surface area contributed by atoms with Crippen molar-refractivity contribution in [3.63, 3.8) is 0 Å². The van der Waals surface area contributed by atoms with Gasteiger partial charge in [-0.1, -0.05) is 13.3 Å². The van der Waals surface area contributed by atoms with E-state index >= 15 is 0 Å². The third-order valence-electron chi connectivity index (χ3n) is 3.38. The van der Waals surface area contributed by atoms with Gasteiger partial charge in [-0.3, -0.25) is 4.79 Å². The van der Waals surface area contributed by atoms with Gasteiger partial charge in [0.1, 0.15) is 0 Å². The highest BCUT2D eigenvalue weighted by atomic mass is 16.2. The summed E-state index contributed by atoms with van der Waals surface area (Å²) >= 11 is 0. The van der Waals surface area contributed by atoms with Crippen molar-refractivity contribution in [2.24, 2.45) is 11.8 Å². The average Bonchev–Trinajstić information content (AvgIpc) is 2.82. The molecule has 2 nitrogen and oxygen atoms in total. The zero-order valence-electron chi connectivity index (χ0n) is 8.46. The van der Waals surface area contributed by atoms with E-state index in [1.54, 1.807) is 0 Å². The summed E-state index contributed by atoms with van der Waals surface area (Å²) in [6.45, 7) is 4.27. The molecule has 0 radical (unpaired) electrons. The second-order valence-corrected chi connectivity index (χ2v) is 4.55. The van der Waals surface area contributed by atoms with Crippen LogP contribution in [0.15, 0.2) is 0 Å². The van der Waals surface area contributed by atoms with Crippen LogP contribution in [-0.4, -0.2) is 23.9 Å². The molecule has 1 saturated heterocycles. The molecule has 13 heavy (non-hydrogen) atoms. The van der Waals surface area contributed by atoms with Crippen LogP contribution in [0.2, 0.25) is 0 Å². The van der Waals surface area contributed by atoms with Crippen molar-refractivity contribution in [3.05, 3.63) is 0 Å². The fourth-order valence-corrected chi connectivity index (χ4v) is 2.09. The lowest BCUT2D eigenvalue weighted by molar-refractivity contribution is -0.130. The highest BCUT2D eigenvalue weighted by Crippen LogP contribution is 2.33. The molecule has 0 aromatic rings. The summed E-state index contributed by atoms with van der Waals surface area (Å²) in [5, 5.41) is 0. The fraction of sp³-hybridized carbons (Fsp3) is 0.909. The fourth-order valence-electron chi connectivity index (χ4n) is 2.09. The van der Waals surface area contributed by atoms with E-state index in [-0.39, 0.29) is 0 Å². The smallest absolute Gasteiger partial charge is 0.222 e. The van der Waals surface area contributed by atoms with Gasteiger partial charge in [0.15, 0.2) is 0 Å². The molecule has 0 aromatic carbocycles. The van der Waals surface area contributed by atoms with Crippen LogP contribution in [0.4, 0.5) is 0 Å². The Kier molecular flexibility index (Phi) is 2.56. The molecular formula is C11H19NO. The molecule has 1 aliphatic heterocycles. The summed E-state index contributed by atoms with van der Waals surface area (Å²) in [6.07, 6.45) is 5.87. The van der Waals surface area contributed by atoms with E-state index in [2.05, 4.69) is 11.8 Å². The van der Waals surface area contributed by atoms with Crippen molar-refractivity contribution < 1.29 is 4.79 Å². The number of rotatable bonds is 3. The first kappa shape index (κ1) is 9.04. The standard InChI is InChI=1S/C11H19NO/c1-2-9-5-6-12(8-9)11(13)7-10-3-4-10/h9-10H,2-8H2,1H3/t9-/m1/s1. The van der Waals surface area contributed by atoms with Gasteiger partial charge in [0, 0.05) is 19.5 Å². The number of hydrogen-bond acceptors (Lipinski definition) is 1. The first-order valence-electron chi connectivity index (χ1n) is 5.57. The van der Waals surface area contributed by atoms with Crippen molar-refractivity contribution in [1.29, 1.82) is 0 Å². The Hall–Kier alpha value is -0.530. The molecule has 2 heteroatoms. The van der Waals surface area contributed by atoms with Crippen LogP contribution in [0.25, 0.3) is 0 Å². The molecule has 1 aliphatic carbocycles. The van der Waals surface area contributed by atoms with Crippen LogP contribution in [0, 0.1) is 11.8 Å². The third kappa shape index (κ3) is 2.23. The topological polar surface area (TPSA) is 20.3 Å². The lowest BCUT2D eigenvalue weighted by atomic mass is 10.1. The molecule has 1 atom stereocenters. The normalized spacial score (nSPS) is 28.1. The van der Waals surface area contributed by atoms with Gasteiger partial charge in [-0.15, -0.1) is 0 Å². The Bertz CT molecular complexity index is 198. The minimum atomic E-state index is 0.415. The maximum absolute atomic E-state index is 11.7. The SMILES string of the molecule is CC[C@@H]1CCN(C(=O)CC2CC2)C1. The number of amides is 1. The van der Waals surface area contributed by atoms with Gasteiger partial charge in [-0.25, -0.2) is 0 Å². The number of carbonyl (C=O) groups excluding carboxylic acids is 1. The van der Waals surface area contributed by atoms with E-state index in [0.29, 0.717) is 5.91 Å². The van der Waals surface area contributed by atoms with Crippen LogP contribution < -0.4 is 0 Å². The van der Waals surface area contributed by atoms with Crippen molar-refractivity contribution in [2.45, 2.75) is 39.0 Å². The van der Waals surface area contributed by atoms with E-state index in [1.807, 2.05) is 0 Å². The van der Waals surface area contributed by atoms with Gasteiger partial charge in [0.05, 0.1) is 0 Å². The third-order valence-corrected chi connectivity index (χ3v) is 3.38. The average molecular weight is 181 g/mol. The molecule has 0 unspecified atom stereocenters. The number of nitrogens with zero attached hydrogens (tertiary/aromatic N) is 1. The minimum absolute atomic E-state index is 0.415. The largest absolute Gasteiger partial charge is 0.342 e. The van der Waals surface area contributed by atoms with E-state index in [4.69, 9.17) is 0 Å². The van der Waals surface area contributed by atoms with E-state index in [1.165, 1.54) is 25.7 Å². The Balaban J connectivity index is 1.77. The highest BCUT2D eigenvalue weighted by molar-refractivity contribution is 5.77. The maximum atomic E-state index is 11.7. The van der Waals surface area contributed by atoms with Gasteiger partial charge in [-0.05, 0) is 31.1 Å². The number of carbonyl (C=O) groups is 1. The highest BCUT2D eigenvalue weighted by Gasteiger charge is 2.30. The van der Waals surface area contributed by atoms with Crippen molar-refractivity contribution in [3.8, 4) is 0 Å². The summed E-state index contributed by atoms with van der Waals surface area (Å²) in [6, 6.07) is 0. The maximum Gasteiger partial charge on any atom is 0.222 e. The molecular weight excluding hydrogens is 162 g/mol. The molecule has 0 aromatic heterocycles. The van der Waals surface area contributed by atoms with Crippen molar-refractivity contribution >= 4 is 5.91 Å². The molecule has 74 valence electrons. The van der Waals surface area contributed by atoms with Gasteiger partial charge in [0.2, 0.25) is 5.91 Å². The second-order valence-electron chi connectivity index (χ2n) is 4.55. The number of likely N-dealkylation sites (tertiary alicyclic amines) is 1. The van der Waals surface area contributed by atoms with Gasteiger partial charge in [-0.2, -0.15) is 0 Å². The van der Waals surface area contributed by atoms with Crippen LogP contribution in [0.3, 0.4) is 0 Å². The minimum Gasteiger partial charge on any atom is -0.342 e. The Labute approximate surface area is 80.3 Å². The summed E-state index contributed by atoms with van der Waals surface area (Å²) in [5.41, 5.74) is 0. The summed E-state index contributed by atoms with van der Waals surface area (Å²) in [7, 11) is 0. The van der Waals surface area contributed by atoms with Crippen molar-refractivity contribution in [1.82, 2.24) is 4.90 Å². The van der Waals surface area contributed by atoms with Crippen LogP contribution in [0.1, 0.15) is 39.0 Å². The summed E-state index contributed by atoms with van der Waals surface area (Å²) in [5.74, 6) is 1.94. The predicted molar refractivity (Wildman–Crippen MR) is 52.3 cm³/mol. The molecule has 0 bridgehead atoms. The van der Waals surface area contributed by atoms with E-state index in [9.17, 15) is 4.79 Å². The molecule has 1 heterocycles. The zero-order chi connectivity index (χ0) is 9.26. The lowest BCUT2D eigenvalue weighted by Crippen LogP contribution is -2.28. The second kappa shape index (κ2) is 3.69. The first-order valence-corrected chi connectivity index (χ1v) is 5.57. The molecule has 0 N–H and O–H groups in total. The molecule has 1 amide bonds. The quantitative estimate of drug-likeness (QED) is 0.652. The predicted octanol–water partition coefficient (Wildman–Crippen LogP) is 2.04. The Morgan fingerprint density at radius 1 is 1.31 bits per heavy atom. The van der Waals surface area contributed by atoms with Crippen molar-refractivity contribution in [2.75, 3.05) is 13.1 Å². The Morgan fingerprint density at radius 2 is 2.08 bits per heavy atom. The molecule has 1 saturated carbocycles. The summed E-state index contributed by atoms with van der Waals surface area (Å²) in [4.78, 5) is 13.8. The molecule has 0 spiro atoms. The van der Waals surface area contributed by atoms with Crippen LogP contribution >= 0.6 is 0 Å². The van der Waals surface area contributed by atoms with E-state index in [0.717, 1.165) is 31.3 Å². The van der Waals surface area contributed by atoms with Crippen LogP contribution in [0.5, 0.6) is 0 Å². The lowest BCUT2D eigenvalue weighted by Gasteiger charge is -2.15. The van der Waals surface area contributed by atoms with Gasteiger partial charge < -0.3 is 4.90 Å². The monoisotopic (exact) mass is 181 g/mol. The molecule has 2 rings (SSSR count). The molecule has 2 aliphatic rings. The summed E-state index contributed by atoms with van der Waals surface area (Å²) < 4.78 is 0. The van der Waals surface area contributed by atoms with E-state index < -0.39 is 0 Å². The van der Waals surface area contributed by atoms with Gasteiger partial charge >= 0.3 is 0 Å². The zero-order valence-corrected chi connectivity index (χ0v) is 8.46. The number of hydrogen-bond donors (Lipinski definition) is 0. The van der Waals surface area contributed by atoms with Gasteiger partial charge in [0.25, 0.3) is 0 Å². The van der Waals surface area contributed by atoms with Crippen LogP contribution in [-0.2, 0) is 4.79 Å². The Morgan fingerprint density at radius 3 is 2.62 bits per heavy atom. The first-order chi connectivity index (χ1) is 6.29. The molecule has 2 fully saturated rings.